The van der Waals surface area contributed by atoms with E-state index >= 15 is 0 Å². The highest BCUT2D eigenvalue weighted by Crippen LogP contribution is 2.39. The fourth-order valence-electron chi connectivity index (χ4n) is 6.34. The highest BCUT2D eigenvalue weighted by atomic mass is 16.5. The maximum absolute atomic E-state index is 14.4. The Morgan fingerprint density at radius 2 is 1.82 bits per heavy atom. The maximum Gasteiger partial charge on any atom is 0.302 e. The molecule has 6 rings (SSSR count). The lowest BCUT2D eigenvalue weighted by atomic mass is 9.98. The van der Waals surface area contributed by atoms with Gasteiger partial charge in [-0.2, -0.15) is 10.2 Å². The number of esters is 1. The monoisotopic (exact) mass is 599 g/mol. The van der Waals surface area contributed by atoms with Gasteiger partial charge in [0.2, 0.25) is 0 Å². The highest BCUT2D eigenvalue weighted by molar-refractivity contribution is 6.07. The number of hydrogen-bond acceptors (Lipinski definition) is 8. The number of ether oxygens (including phenoxy) is 1. The van der Waals surface area contributed by atoms with E-state index in [0.29, 0.717) is 40.7 Å². The van der Waals surface area contributed by atoms with Gasteiger partial charge in [0.1, 0.15) is 23.6 Å². The third-order valence-corrected chi connectivity index (χ3v) is 8.39. The van der Waals surface area contributed by atoms with E-state index in [1.54, 1.807) is 49.7 Å². The Labute approximate surface area is 254 Å². The van der Waals surface area contributed by atoms with Crippen LogP contribution in [0.25, 0.3) is 0 Å². The van der Waals surface area contributed by atoms with Gasteiger partial charge in [-0.05, 0) is 63.3 Å². The molecule has 0 saturated carbocycles. The molecule has 1 unspecified atom stereocenters. The van der Waals surface area contributed by atoms with Crippen LogP contribution in [0.2, 0.25) is 0 Å². The van der Waals surface area contributed by atoms with Crippen LogP contribution in [0.5, 0.6) is 0 Å². The smallest absolute Gasteiger partial charge is 0.302 e. The van der Waals surface area contributed by atoms with Gasteiger partial charge in [0.15, 0.2) is 5.82 Å². The summed E-state index contributed by atoms with van der Waals surface area (Å²) in [5.41, 5.74) is 4.09. The molecule has 1 amide bonds. The summed E-state index contributed by atoms with van der Waals surface area (Å²) >= 11 is 0. The van der Waals surface area contributed by atoms with Gasteiger partial charge < -0.3 is 19.7 Å². The van der Waals surface area contributed by atoms with Crippen LogP contribution in [-0.4, -0.2) is 41.1 Å². The number of carbonyl (C=O) groups is 2. The first-order chi connectivity index (χ1) is 20.9. The second kappa shape index (κ2) is 11.1. The molecule has 0 saturated heterocycles. The van der Waals surface area contributed by atoms with E-state index in [2.05, 4.69) is 20.1 Å². The Hall–Kier alpha value is -4.71. The maximum atomic E-state index is 14.4. The molecule has 3 aromatic heterocycles. The van der Waals surface area contributed by atoms with E-state index in [0.717, 1.165) is 25.7 Å². The molecule has 12 heteroatoms. The first-order valence-electron chi connectivity index (χ1n) is 14.8. The quantitative estimate of drug-likeness (QED) is 0.308. The van der Waals surface area contributed by atoms with Crippen molar-refractivity contribution in [1.29, 1.82) is 0 Å². The van der Waals surface area contributed by atoms with Crippen LogP contribution in [0.15, 0.2) is 47.3 Å². The summed E-state index contributed by atoms with van der Waals surface area (Å²) in [7, 11) is 3.30. The molecule has 1 aliphatic carbocycles. The number of benzene rings is 1. The Balaban J connectivity index is 1.47. The number of anilines is 3. The minimum Gasteiger partial charge on any atom is -0.461 e. The number of fused-ring (bicyclic) bond motifs is 3. The second-order valence-electron chi connectivity index (χ2n) is 12.1. The van der Waals surface area contributed by atoms with Crippen molar-refractivity contribution in [1.82, 2.24) is 24.1 Å². The minimum absolute atomic E-state index is 0.0102. The summed E-state index contributed by atoms with van der Waals surface area (Å²) in [5, 5.41) is 22.7. The fraction of sp³-hybridized carbons (Fsp3) is 0.406. The first kappa shape index (κ1) is 29.4. The van der Waals surface area contributed by atoms with E-state index < -0.39 is 17.6 Å². The van der Waals surface area contributed by atoms with Gasteiger partial charge in [0, 0.05) is 44.9 Å². The molecule has 2 aliphatic rings. The second-order valence-corrected chi connectivity index (χ2v) is 12.1. The van der Waals surface area contributed by atoms with Crippen molar-refractivity contribution in [3.63, 3.8) is 0 Å². The van der Waals surface area contributed by atoms with Crippen molar-refractivity contribution in [3.05, 3.63) is 86.7 Å². The molecule has 0 radical (unpaired) electrons. The van der Waals surface area contributed by atoms with Crippen LogP contribution >= 0.6 is 0 Å². The fourth-order valence-corrected chi connectivity index (χ4v) is 6.34. The number of aliphatic hydroxyl groups is 1. The number of hydrogen-bond donors (Lipinski definition) is 2. The molecule has 1 atom stereocenters. The van der Waals surface area contributed by atoms with Crippen LogP contribution < -0.4 is 15.8 Å². The predicted molar refractivity (Wildman–Crippen MR) is 164 cm³/mol. The number of amides is 1. The third kappa shape index (κ3) is 5.30. The molecule has 44 heavy (non-hydrogen) atoms. The molecule has 230 valence electrons. The molecule has 2 N–H and O–H groups in total. The van der Waals surface area contributed by atoms with E-state index in [1.807, 2.05) is 30.3 Å². The van der Waals surface area contributed by atoms with Crippen LogP contribution in [0, 0.1) is 0 Å². The molecule has 12 nitrogen and oxygen atoms in total. The van der Waals surface area contributed by atoms with Gasteiger partial charge in [-0.15, -0.1) is 0 Å². The molecule has 4 heterocycles. The van der Waals surface area contributed by atoms with Gasteiger partial charge in [-0.3, -0.25) is 24.0 Å². The van der Waals surface area contributed by atoms with Gasteiger partial charge >= 0.3 is 5.97 Å². The molecular formula is C32H37N7O5. The van der Waals surface area contributed by atoms with E-state index in [-0.39, 0.29) is 23.8 Å². The Bertz CT molecular complexity index is 1830. The zero-order valence-corrected chi connectivity index (χ0v) is 25.6. The Kier molecular flexibility index (Phi) is 7.40. The lowest BCUT2D eigenvalue weighted by molar-refractivity contribution is -0.142. The van der Waals surface area contributed by atoms with Crippen LogP contribution in [0.3, 0.4) is 0 Å². The number of aromatic nitrogens is 5. The van der Waals surface area contributed by atoms with Crippen molar-refractivity contribution in [2.75, 3.05) is 10.2 Å². The molecule has 1 aromatic carbocycles. The van der Waals surface area contributed by atoms with Crippen molar-refractivity contribution in [2.45, 2.75) is 71.2 Å². The standard InChI is InChI=1S/C32H37N7O5/c1-19(40)44-18-21-11-7-9-13-25(21)39-27(17-38-24-12-8-6-10-20(24)14-26(38)31(39)42)22-15-23(30(41)37(5)34-22)33-29-16-28(32(2,3)43)36(4)35-29/h7,9,11,13-16,27,43H,6,8,10,12,17-18H2,1-5H3,(H,33,35). The Morgan fingerprint density at radius 1 is 1.07 bits per heavy atom. The molecule has 0 fully saturated rings. The largest absolute Gasteiger partial charge is 0.461 e. The summed E-state index contributed by atoms with van der Waals surface area (Å²) in [6.45, 7) is 5.13. The summed E-state index contributed by atoms with van der Waals surface area (Å²) in [6.07, 6.45) is 3.98. The number of aryl methyl sites for hydroxylation is 3. The molecule has 0 bridgehead atoms. The number of para-hydroxylation sites is 1. The summed E-state index contributed by atoms with van der Waals surface area (Å²) in [6, 6.07) is 12.2. The summed E-state index contributed by atoms with van der Waals surface area (Å²) in [4.78, 5) is 41.1. The number of rotatable bonds is 7. The first-order valence-corrected chi connectivity index (χ1v) is 14.8. The minimum atomic E-state index is -1.13. The molecule has 1 aliphatic heterocycles. The molecule has 0 spiro atoms. The lowest BCUT2D eigenvalue weighted by Crippen LogP contribution is -2.44. The topological polar surface area (TPSA) is 137 Å². The lowest BCUT2D eigenvalue weighted by Gasteiger charge is -2.38. The van der Waals surface area contributed by atoms with Crippen molar-refractivity contribution >= 4 is 29.1 Å². The van der Waals surface area contributed by atoms with E-state index in [4.69, 9.17) is 4.74 Å². The predicted octanol–water partition coefficient (Wildman–Crippen LogP) is 3.63. The normalized spacial score (nSPS) is 16.5. The van der Waals surface area contributed by atoms with Crippen LogP contribution in [-0.2, 0) is 55.2 Å². The average Bonchev–Trinajstić information content (AvgIpc) is 3.54. The van der Waals surface area contributed by atoms with Crippen LogP contribution in [0.4, 0.5) is 17.2 Å². The summed E-state index contributed by atoms with van der Waals surface area (Å²) in [5.74, 6) is -0.208. The van der Waals surface area contributed by atoms with Crippen molar-refractivity contribution in [3.8, 4) is 0 Å². The van der Waals surface area contributed by atoms with Gasteiger partial charge in [0.05, 0.1) is 23.1 Å². The summed E-state index contributed by atoms with van der Waals surface area (Å²) < 4.78 is 10.3. The number of nitrogens with zero attached hydrogens (tertiary/aromatic N) is 6. The van der Waals surface area contributed by atoms with Gasteiger partial charge in [-0.1, -0.05) is 18.2 Å². The van der Waals surface area contributed by atoms with Crippen molar-refractivity contribution in [2.24, 2.45) is 14.1 Å². The van der Waals surface area contributed by atoms with E-state index in [1.165, 1.54) is 22.9 Å². The SMILES string of the molecule is CC(=O)OCc1ccccc1N1C(=O)c2cc3c(n2CC1c1cc(Nc2cc(C(C)(C)O)n(C)n2)c(=O)n(C)n1)CCCC3. The third-order valence-electron chi connectivity index (χ3n) is 8.39. The highest BCUT2D eigenvalue weighted by Gasteiger charge is 2.39. The number of nitrogens with one attached hydrogen (secondary N) is 1. The zero-order valence-electron chi connectivity index (χ0n) is 25.6. The zero-order chi connectivity index (χ0) is 31.3. The van der Waals surface area contributed by atoms with Gasteiger partial charge in [-0.25, -0.2) is 4.68 Å². The van der Waals surface area contributed by atoms with Crippen LogP contribution in [0.1, 0.15) is 78.4 Å². The van der Waals surface area contributed by atoms with Gasteiger partial charge in [0.25, 0.3) is 11.5 Å². The molecule has 4 aromatic rings. The Morgan fingerprint density at radius 3 is 2.55 bits per heavy atom. The average molecular weight is 600 g/mol. The van der Waals surface area contributed by atoms with E-state index in [9.17, 15) is 19.5 Å². The van der Waals surface area contributed by atoms with Crippen molar-refractivity contribution < 1.29 is 19.4 Å². The molecular weight excluding hydrogens is 562 g/mol. The number of carbonyl (C=O) groups excluding carboxylic acids is 2.